The van der Waals surface area contributed by atoms with Crippen LogP contribution >= 0.6 is 0 Å². The third kappa shape index (κ3) is 3.45. The van der Waals surface area contributed by atoms with Gasteiger partial charge in [-0.1, -0.05) is 0 Å². The molecule has 18 heavy (non-hydrogen) atoms. The summed E-state index contributed by atoms with van der Waals surface area (Å²) in [5, 5.41) is 0. The number of unbranched alkanes of at least 4 members (excludes halogenated alkanes) is 2. The molecule has 0 aromatic rings. The fraction of sp³-hybridized carbons (Fsp3) is 0.846. The Balaban J connectivity index is 2.47. The molecule has 0 N–H and O–H groups in total. The van der Waals surface area contributed by atoms with Gasteiger partial charge in [-0.3, -0.25) is 4.90 Å². The molecule has 0 aromatic carbocycles. The predicted octanol–water partition coefficient (Wildman–Crippen LogP) is 2.34. The Morgan fingerprint density at radius 1 is 1.33 bits per heavy atom. The van der Waals surface area contributed by atoms with Gasteiger partial charge in [-0.05, 0) is 40.5 Å². The van der Waals surface area contributed by atoms with E-state index >= 15 is 0 Å². The second kappa shape index (κ2) is 5.69. The van der Waals surface area contributed by atoms with E-state index in [0.717, 1.165) is 12.7 Å². The first-order valence-electron chi connectivity index (χ1n) is 6.36. The molecular weight excluding hydrogens is 234 g/mol. The van der Waals surface area contributed by atoms with Crippen molar-refractivity contribution in [2.75, 3.05) is 13.2 Å². The highest BCUT2D eigenvalue weighted by molar-refractivity contribution is 5.69. The Bertz CT molecular complexity index is 296. The van der Waals surface area contributed by atoms with Gasteiger partial charge in [0.1, 0.15) is 12.0 Å². The maximum atomic E-state index is 12.1. The number of ether oxygens (including phenoxy) is 2. The Morgan fingerprint density at radius 3 is 2.50 bits per heavy atom. The number of amides is 1. The fourth-order valence-corrected chi connectivity index (χ4v) is 2.23. The zero-order chi connectivity index (χ0) is 13.8. The zero-order valence-electron chi connectivity index (χ0n) is 11.7. The van der Waals surface area contributed by atoms with Crippen molar-refractivity contribution in [2.24, 2.45) is 0 Å². The molecule has 1 heterocycles. The van der Waals surface area contributed by atoms with E-state index in [4.69, 9.17) is 9.47 Å². The van der Waals surface area contributed by atoms with Gasteiger partial charge in [0.05, 0.1) is 18.8 Å². The van der Waals surface area contributed by atoms with Crippen molar-refractivity contribution in [3.63, 3.8) is 0 Å². The quantitative estimate of drug-likeness (QED) is 0.560. The summed E-state index contributed by atoms with van der Waals surface area (Å²) in [6, 6.07) is 0. The molecule has 1 aliphatic rings. The van der Waals surface area contributed by atoms with Gasteiger partial charge in [-0.25, -0.2) is 4.79 Å². The van der Waals surface area contributed by atoms with Crippen molar-refractivity contribution in [3.8, 4) is 0 Å². The molecule has 0 atom stereocenters. The monoisotopic (exact) mass is 257 g/mol. The lowest BCUT2D eigenvalue weighted by molar-refractivity contribution is -0.107. The van der Waals surface area contributed by atoms with Crippen LogP contribution in [0.3, 0.4) is 0 Å². The van der Waals surface area contributed by atoms with Crippen LogP contribution in [0.5, 0.6) is 0 Å². The molecule has 0 unspecified atom stereocenters. The van der Waals surface area contributed by atoms with Gasteiger partial charge in [0.2, 0.25) is 0 Å². The Labute approximate surface area is 108 Å². The minimum absolute atomic E-state index is 0.343. The van der Waals surface area contributed by atoms with Gasteiger partial charge in [0.15, 0.2) is 0 Å². The maximum absolute atomic E-state index is 12.1. The van der Waals surface area contributed by atoms with Gasteiger partial charge in [0.25, 0.3) is 0 Å². The normalized spacial score (nSPS) is 20.8. The molecule has 5 heteroatoms. The lowest BCUT2D eigenvalue weighted by atomic mass is 10.0. The molecule has 1 amide bonds. The third-order valence-corrected chi connectivity index (χ3v) is 3.05. The number of rotatable bonds is 5. The summed E-state index contributed by atoms with van der Waals surface area (Å²) in [6.45, 7) is 8.46. The van der Waals surface area contributed by atoms with E-state index in [1.165, 1.54) is 0 Å². The molecule has 1 fully saturated rings. The molecule has 0 spiro atoms. The highest BCUT2D eigenvalue weighted by Gasteiger charge is 2.49. The van der Waals surface area contributed by atoms with Gasteiger partial charge in [0, 0.05) is 6.42 Å². The summed E-state index contributed by atoms with van der Waals surface area (Å²) < 4.78 is 10.8. The highest BCUT2D eigenvalue weighted by atomic mass is 16.6. The maximum Gasteiger partial charge on any atom is 0.412 e. The van der Waals surface area contributed by atoms with Crippen LogP contribution in [-0.2, 0) is 14.3 Å². The number of aldehydes is 1. The van der Waals surface area contributed by atoms with E-state index in [1.807, 2.05) is 27.7 Å². The molecule has 104 valence electrons. The molecular formula is C13H23NO4. The average molecular weight is 257 g/mol. The van der Waals surface area contributed by atoms with Crippen molar-refractivity contribution in [1.82, 2.24) is 4.90 Å². The van der Waals surface area contributed by atoms with Crippen LogP contribution in [0, 0.1) is 0 Å². The average Bonchev–Trinajstić information content (AvgIpc) is 2.47. The summed E-state index contributed by atoms with van der Waals surface area (Å²) in [5.74, 6) is 0. The van der Waals surface area contributed by atoms with Crippen molar-refractivity contribution in [1.29, 1.82) is 0 Å². The van der Waals surface area contributed by atoms with Crippen molar-refractivity contribution in [2.45, 2.75) is 58.2 Å². The summed E-state index contributed by atoms with van der Waals surface area (Å²) in [4.78, 5) is 23.9. The summed E-state index contributed by atoms with van der Waals surface area (Å²) in [6.07, 6.45) is 2.50. The van der Waals surface area contributed by atoms with E-state index in [0.29, 0.717) is 26.1 Å². The third-order valence-electron chi connectivity index (χ3n) is 3.05. The molecule has 1 saturated heterocycles. The predicted molar refractivity (Wildman–Crippen MR) is 67.2 cm³/mol. The van der Waals surface area contributed by atoms with Crippen LogP contribution in [0.15, 0.2) is 0 Å². The van der Waals surface area contributed by atoms with Crippen molar-refractivity contribution < 1.29 is 19.1 Å². The molecule has 0 aliphatic carbocycles. The van der Waals surface area contributed by atoms with E-state index in [9.17, 15) is 9.59 Å². The number of carbonyl (C=O) groups is 2. The first-order valence-corrected chi connectivity index (χ1v) is 6.36. The highest BCUT2D eigenvalue weighted by Crippen LogP contribution is 2.34. The number of hydrogen-bond acceptors (Lipinski definition) is 4. The largest absolute Gasteiger partial charge is 0.449 e. The molecule has 5 nitrogen and oxygen atoms in total. The minimum Gasteiger partial charge on any atom is -0.449 e. The molecule has 0 aromatic heterocycles. The van der Waals surface area contributed by atoms with E-state index in [2.05, 4.69) is 0 Å². The smallest absolute Gasteiger partial charge is 0.412 e. The van der Waals surface area contributed by atoms with Crippen LogP contribution in [0.4, 0.5) is 4.79 Å². The van der Waals surface area contributed by atoms with Crippen LogP contribution in [0.25, 0.3) is 0 Å². The SMILES string of the molecule is CC1(C)COC(C)(C)N1C(=O)OCCCCC=O. The van der Waals surface area contributed by atoms with Crippen molar-refractivity contribution in [3.05, 3.63) is 0 Å². The van der Waals surface area contributed by atoms with Crippen LogP contribution in [0.2, 0.25) is 0 Å². The number of hydrogen-bond donors (Lipinski definition) is 0. The lowest BCUT2D eigenvalue weighted by Gasteiger charge is -2.36. The summed E-state index contributed by atoms with van der Waals surface area (Å²) in [5.41, 5.74) is -0.993. The van der Waals surface area contributed by atoms with Crippen LogP contribution < -0.4 is 0 Å². The van der Waals surface area contributed by atoms with Gasteiger partial charge in [-0.2, -0.15) is 0 Å². The molecule has 1 rings (SSSR count). The number of carbonyl (C=O) groups excluding carboxylic acids is 2. The topological polar surface area (TPSA) is 55.8 Å². The summed E-state index contributed by atoms with van der Waals surface area (Å²) in [7, 11) is 0. The Morgan fingerprint density at radius 2 is 2.00 bits per heavy atom. The molecule has 1 aliphatic heterocycles. The van der Waals surface area contributed by atoms with Gasteiger partial charge < -0.3 is 14.3 Å². The van der Waals surface area contributed by atoms with E-state index in [1.54, 1.807) is 4.90 Å². The van der Waals surface area contributed by atoms with Crippen molar-refractivity contribution >= 4 is 12.4 Å². The van der Waals surface area contributed by atoms with Gasteiger partial charge >= 0.3 is 6.09 Å². The lowest BCUT2D eigenvalue weighted by Crippen LogP contribution is -2.52. The second-order valence-electron chi connectivity index (χ2n) is 5.66. The van der Waals surface area contributed by atoms with Crippen LogP contribution in [0.1, 0.15) is 47.0 Å². The molecule has 0 radical (unpaired) electrons. The van der Waals surface area contributed by atoms with E-state index < -0.39 is 5.72 Å². The summed E-state index contributed by atoms with van der Waals surface area (Å²) >= 11 is 0. The Hall–Kier alpha value is -1.10. The van der Waals surface area contributed by atoms with Crippen LogP contribution in [-0.4, -0.2) is 41.8 Å². The molecule has 0 bridgehead atoms. The molecule has 0 saturated carbocycles. The van der Waals surface area contributed by atoms with Gasteiger partial charge in [-0.15, -0.1) is 0 Å². The fourth-order valence-electron chi connectivity index (χ4n) is 2.23. The Kier molecular flexibility index (Phi) is 4.73. The second-order valence-corrected chi connectivity index (χ2v) is 5.66. The first-order chi connectivity index (χ1) is 8.31. The first kappa shape index (κ1) is 15.0. The number of nitrogens with zero attached hydrogens (tertiary/aromatic N) is 1. The standard InChI is InChI=1S/C13H23NO4/c1-12(2)10-18-13(3,4)14(12)11(16)17-9-7-5-6-8-15/h8H,5-7,9-10H2,1-4H3. The minimum atomic E-state index is -0.636. The zero-order valence-corrected chi connectivity index (χ0v) is 11.7. The van der Waals surface area contributed by atoms with E-state index in [-0.39, 0.29) is 11.6 Å².